The maximum atomic E-state index is 5.38. The summed E-state index contributed by atoms with van der Waals surface area (Å²) >= 11 is 1.83. The molecule has 0 amide bonds. The first-order valence-corrected chi connectivity index (χ1v) is 18.9. The molecule has 1 aliphatic heterocycles. The third kappa shape index (κ3) is 4.15. The smallest absolute Gasteiger partial charge is 0.239 e. The zero-order chi connectivity index (χ0) is 35.3. The molecule has 0 atom stereocenters. The molecule has 252 valence electrons. The van der Waals surface area contributed by atoms with Gasteiger partial charge in [0.25, 0.3) is 0 Å². The van der Waals surface area contributed by atoms with Crippen molar-refractivity contribution in [3.05, 3.63) is 170 Å². The summed E-state index contributed by atoms with van der Waals surface area (Å²) in [5, 5.41) is 5.90. The van der Waals surface area contributed by atoms with Crippen molar-refractivity contribution in [2.24, 2.45) is 0 Å². The lowest BCUT2D eigenvalue weighted by atomic mass is 10.1. The second-order valence-corrected chi connectivity index (χ2v) is 14.8. The molecule has 4 aromatic heterocycles. The van der Waals surface area contributed by atoms with E-state index in [-0.39, 0.29) is 0 Å². The van der Waals surface area contributed by atoms with Gasteiger partial charge in [-0.3, -0.25) is 9.13 Å². The minimum absolute atomic E-state index is 0.577. The first kappa shape index (κ1) is 29.6. The van der Waals surface area contributed by atoms with Crippen LogP contribution in [0.15, 0.2) is 180 Å². The van der Waals surface area contributed by atoms with Crippen molar-refractivity contribution in [1.82, 2.24) is 28.7 Å². The largest absolute Gasteiger partial charge is 0.309 e. The Morgan fingerprint density at radius 3 is 1.87 bits per heavy atom. The van der Waals surface area contributed by atoms with E-state index in [0.29, 0.717) is 17.6 Å². The van der Waals surface area contributed by atoms with Gasteiger partial charge < -0.3 is 4.57 Å². The zero-order valence-electron chi connectivity index (χ0n) is 28.8. The van der Waals surface area contributed by atoms with Gasteiger partial charge in [0, 0.05) is 53.5 Å². The molecular weight excluding hydrogens is 681 g/mol. The Morgan fingerprint density at radius 2 is 1.04 bits per heavy atom. The average molecular weight is 709 g/mol. The van der Waals surface area contributed by atoms with Crippen molar-refractivity contribution >= 4 is 66.4 Å². The molecule has 7 aromatic carbocycles. The van der Waals surface area contributed by atoms with Gasteiger partial charge in [-0.1, -0.05) is 121 Å². The highest BCUT2D eigenvalue weighted by molar-refractivity contribution is 7.99. The van der Waals surface area contributed by atoms with Crippen molar-refractivity contribution in [1.29, 1.82) is 0 Å². The Balaban J connectivity index is 1.17. The Kier molecular flexibility index (Phi) is 6.18. The molecule has 12 rings (SSSR count). The van der Waals surface area contributed by atoms with Crippen LogP contribution in [0.25, 0.3) is 94.7 Å². The predicted molar refractivity (Wildman–Crippen MR) is 220 cm³/mol. The molecule has 0 N–H and O–H groups in total. The molecule has 1 aliphatic rings. The first-order chi connectivity index (χ1) is 26.8. The molecule has 11 aromatic rings. The number of para-hydroxylation sites is 5. The fourth-order valence-electron chi connectivity index (χ4n) is 8.41. The van der Waals surface area contributed by atoms with Gasteiger partial charge in [0.2, 0.25) is 5.95 Å². The third-order valence-corrected chi connectivity index (χ3v) is 11.8. The number of aromatic nitrogens is 6. The molecule has 0 aliphatic carbocycles. The van der Waals surface area contributed by atoms with Crippen LogP contribution in [0.3, 0.4) is 0 Å². The maximum Gasteiger partial charge on any atom is 0.239 e. The highest BCUT2D eigenvalue weighted by Gasteiger charge is 2.29. The summed E-state index contributed by atoms with van der Waals surface area (Å²) in [6.07, 6.45) is 0. The molecule has 5 heterocycles. The van der Waals surface area contributed by atoms with Crippen LogP contribution in [0.1, 0.15) is 0 Å². The maximum absolute atomic E-state index is 5.38. The number of benzene rings is 7. The number of nitrogens with zero attached hydrogens (tertiary/aromatic N) is 6. The first-order valence-electron chi connectivity index (χ1n) is 18.0. The Bertz CT molecular complexity index is 3300. The molecule has 0 radical (unpaired) electrons. The van der Waals surface area contributed by atoms with Crippen molar-refractivity contribution in [2.75, 3.05) is 0 Å². The van der Waals surface area contributed by atoms with Crippen LogP contribution >= 0.6 is 11.8 Å². The normalized spacial score (nSPS) is 12.4. The monoisotopic (exact) mass is 708 g/mol. The van der Waals surface area contributed by atoms with Crippen molar-refractivity contribution in [3.8, 4) is 40.1 Å². The molecule has 7 heteroatoms. The summed E-state index contributed by atoms with van der Waals surface area (Å²) in [5.41, 5.74) is 9.74. The molecule has 0 spiro atoms. The summed E-state index contributed by atoms with van der Waals surface area (Å²) in [5.74, 6) is 1.82. The standard InChI is InChI=1S/C47H28N6S/c1-3-14-29(15-4-1)44-48-45(30-26-27-38-35(28-30)32-18-7-9-21-36(32)51(38)31-16-5-2-6-17-31)50-47(49-44)53-37-22-10-8-19-33(37)42-34-20-13-25-41-43(34)52(46(42)53)39-23-11-12-24-40(39)54-41/h1-28H. The zero-order valence-corrected chi connectivity index (χ0v) is 29.6. The van der Waals surface area contributed by atoms with E-state index in [1.165, 1.54) is 31.5 Å². The van der Waals surface area contributed by atoms with E-state index in [2.05, 4.69) is 165 Å². The van der Waals surface area contributed by atoms with Gasteiger partial charge in [0.05, 0.1) is 27.8 Å². The summed E-state index contributed by atoms with van der Waals surface area (Å²) in [6, 6.07) is 59.9. The highest BCUT2D eigenvalue weighted by atomic mass is 32.2. The van der Waals surface area contributed by atoms with Gasteiger partial charge in [0.15, 0.2) is 11.6 Å². The van der Waals surface area contributed by atoms with Crippen LogP contribution in [0.2, 0.25) is 0 Å². The highest BCUT2D eigenvalue weighted by Crippen LogP contribution is 2.49. The summed E-state index contributed by atoms with van der Waals surface area (Å²) in [7, 11) is 0. The summed E-state index contributed by atoms with van der Waals surface area (Å²) in [4.78, 5) is 18.3. The van der Waals surface area contributed by atoms with Gasteiger partial charge in [-0.25, -0.2) is 4.98 Å². The SMILES string of the molecule is c1ccc(-c2nc(-c3ccc4c(c3)c3ccccc3n4-c3ccccc3)nc(-n3c4ccccc4c4c5cccc6c5n(c43)-c3ccccc3S6)n2)cc1. The van der Waals surface area contributed by atoms with E-state index in [0.717, 1.165) is 55.5 Å². The van der Waals surface area contributed by atoms with E-state index in [9.17, 15) is 0 Å². The van der Waals surface area contributed by atoms with Crippen molar-refractivity contribution < 1.29 is 0 Å². The molecule has 54 heavy (non-hydrogen) atoms. The van der Waals surface area contributed by atoms with Crippen LogP contribution in [-0.4, -0.2) is 28.7 Å². The van der Waals surface area contributed by atoms with E-state index in [1.54, 1.807) is 0 Å². The Labute approximate surface area is 313 Å². The second-order valence-electron chi connectivity index (χ2n) is 13.7. The molecular formula is C47H28N6S. The molecule has 0 unspecified atom stereocenters. The lowest BCUT2D eigenvalue weighted by Gasteiger charge is -2.20. The van der Waals surface area contributed by atoms with E-state index >= 15 is 0 Å². The third-order valence-electron chi connectivity index (χ3n) is 10.7. The molecule has 0 saturated carbocycles. The minimum atomic E-state index is 0.577. The fourth-order valence-corrected chi connectivity index (χ4v) is 9.50. The van der Waals surface area contributed by atoms with Crippen LogP contribution in [0.4, 0.5) is 0 Å². The predicted octanol–water partition coefficient (Wildman–Crippen LogP) is 11.8. The van der Waals surface area contributed by atoms with Crippen LogP contribution < -0.4 is 0 Å². The van der Waals surface area contributed by atoms with Gasteiger partial charge in [-0.2, -0.15) is 9.97 Å². The average Bonchev–Trinajstić information content (AvgIpc) is 3.88. The van der Waals surface area contributed by atoms with Crippen molar-refractivity contribution in [2.45, 2.75) is 9.79 Å². The lowest BCUT2D eigenvalue weighted by Crippen LogP contribution is -2.10. The van der Waals surface area contributed by atoms with Gasteiger partial charge in [-0.15, -0.1) is 0 Å². The van der Waals surface area contributed by atoms with Crippen LogP contribution in [0.5, 0.6) is 0 Å². The van der Waals surface area contributed by atoms with E-state index in [1.807, 2.05) is 30.0 Å². The topological polar surface area (TPSA) is 53.5 Å². The second kappa shape index (κ2) is 11.3. The Hall–Kier alpha value is -6.96. The molecule has 0 bridgehead atoms. The number of hydrogen-bond acceptors (Lipinski definition) is 4. The van der Waals surface area contributed by atoms with Gasteiger partial charge in [-0.05, 0) is 60.7 Å². The van der Waals surface area contributed by atoms with Gasteiger partial charge in [0.1, 0.15) is 5.65 Å². The molecule has 6 nitrogen and oxygen atoms in total. The lowest BCUT2D eigenvalue weighted by molar-refractivity contribution is 0.927. The minimum Gasteiger partial charge on any atom is -0.309 e. The van der Waals surface area contributed by atoms with E-state index in [4.69, 9.17) is 15.0 Å². The Morgan fingerprint density at radius 1 is 0.407 bits per heavy atom. The fraction of sp³-hybridized carbons (Fsp3) is 0. The van der Waals surface area contributed by atoms with Crippen LogP contribution in [-0.2, 0) is 0 Å². The van der Waals surface area contributed by atoms with E-state index < -0.39 is 0 Å². The molecule has 0 saturated heterocycles. The number of fused-ring (bicyclic) bond motifs is 10. The molecule has 0 fully saturated rings. The summed E-state index contributed by atoms with van der Waals surface area (Å²) in [6.45, 7) is 0. The van der Waals surface area contributed by atoms with Gasteiger partial charge >= 0.3 is 0 Å². The number of hydrogen-bond donors (Lipinski definition) is 0. The van der Waals surface area contributed by atoms with Crippen molar-refractivity contribution in [3.63, 3.8) is 0 Å². The van der Waals surface area contributed by atoms with Crippen LogP contribution in [0, 0.1) is 0 Å². The quantitative estimate of drug-likeness (QED) is 0.183. The number of rotatable bonds is 4. The summed E-state index contributed by atoms with van der Waals surface area (Å²) < 4.78 is 7.00.